The Morgan fingerprint density at radius 3 is 2.40 bits per heavy atom. The number of nitrogens with two attached hydrogens (primary N) is 1. The lowest BCUT2D eigenvalue weighted by Crippen LogP contribution is -2.17. The molecule has 1 aromatic rings. The maximum atomic E-state index is 11.6. The molecule has 1 rings (SSSR count). The van der Waals surface area contributed by atoms with Gasteiger partial charge in [0.05, 0.1) is 13.7 Å². The Morgan fingerprint density at radius 1 is 1.33 bits per heavy atom. The van der Waals surface area contributed by atoms with E-state index in [2.05, 4.69) is 0 Å². The van der Waals surface area contributed by atoms with Crippen LogP contribution in [0.5, 0.6) is 5.75 Å². The second-order valence-electron chi connectivity index (χ2n) is 3.65. The Hall–Kier alpha value is -1.35. The minimum Gasteiger partial charge on any atom is -0.496 e. The number of hydrogen-bond donors (Lipinski definition) is 1. The Labute approximate surface area is 90.2 Å². The van der Waals surface area contributed by atoms with Gasteiger partial charge in [-0.1, -0.05) is 0 Å². The standard InChI is InChI=1S/C12H17NO2/c1-7-5-11(15-4)8(2)9(3)12(7)10(14)6-13/h5H,6,13H2,1-4H3. The average Bonchev–Trinajstić information content (AvgIpc) is 2.23. The lowest BCUT2D eigenvalue weighted by molar-refractivity contribution is 0.1000. The van der Waals surface area contributed by atoms with E-state index >= 15 is 0 Å². The van der Waals surface area contributed by atoms with Crippen LogP contribution in [-0.4, -0.2) is 19.4 Å². The Balaban J connectivity index is 3.42. The maximum Gasteiger partial charge on any atom is 0.176 e. The van der Waals surface area contributed by atoms with Gasteiger partial charge in [-0.05, 0) is 43.5 Å². The highest BCUT2D eigenvalue weighted by molar-refractivity contribution is 6.00. The Kier molecular flexibility index (Phi) is 3.48. The van der Waals surface area contributed by atoms with E-state index in [1.807, 2.05) is 26.8 Å². The molecule has 0 unspecified atom stereocenters. The molecule has 0 saturated heterocycles. The molecular formula is C12H17NO2. The van der Waals surface area contributed by atoms with Gasteiger partial charge in [-0.25, -0.2) is 0 Å². The Bertz CT molecular complexity index is 397. The van der Waals surface area contributed by atoms with Crippen molar-refractivity contribution in [3.63, 3.8) is 0 Å². The first-order chi connectivity index (χ1) is 7.02. The van der Waals surface area contributed by atoms with E-state index < -0.39 is 0 Å². The van der Waals surface area contributed by atoms with Gasteiger partial charge in [0, 0.05) is 5.56 Å². The summed E-state index contributed by atoms with van der Waals surface area (Å²) in [5.41, 5.74) is 9.00. The number of benzene rings is 1. The molecule has 0 bridgehead atoms. The summed E-state index contributed by atoms with van der Waals surface area (Å²) in [6.45, 7) is 5.82. The third-order valence-corrected chi connectivity index (χ3v) is 2.73. The monoisotopic (exact) mass is 207 g/mol. The van der Waals surface area contributed by atoms with Gasteiger partial charge in [-0.15, -0.1) is 0 Å². The summed E-state index contributed by atoms with van der Waals surface area (Å²) in [5, 5.41) is 0. The second kappa shape index (κ2) is 4.45. The third-order valence-electron chi connectivity index (χ3n) is 2.73. The van der Waals surface area contributed by atoms with Gasteiger partial charge in [0.1, 0.15) is 5.75 Å². The highest BCUT2D eigenvalue weighted by Gasteiger charge is 2.15. The number of ketones is 1. The van der Waals surface area contributed by atoms with Crippen molar-refractivity contribution >= 4 is 5.78 Å². The fourth-order valence-electron chi connectivity index (χ4n) is 1.79. The predicted molar refractivity (Wildman–Crippen MR) is 60.6 cm³/mol. The molecule has 0 atom stereocenters. The molecule has 0 radical (unpaired) electrons. The van der Waals surface area contributed by atoms with E-state index in [0.29, 0.717) is 0 Å². The van der Waals surface area contributed by atoms with Crippen LogP contribution < -0.4 is 10.5 Å². The fraction of sp³-hybridized carbons (Fsp3) is 0.417. The van der Waals surface area contributed by atoms with Crippen molar-refractivity contribution in [3.8, 4) is 5.75 Å². The predicted octanol–water partition coefficient (Wildman–Crippen LogP) is 1.76. The molecule has 0 aromatic heterocycles. The number of carbonyl (C=O) groups excluding carboxylic acids is 1. The molecule has 3 heteroatoms. The van der Waals surface area contributed by atoms with Crippen LogP contribution in [-0.2, 0) is 0 Å². The smallest absolute Gasteiger partial charge is 0.176 e. The molecule has 0 aliphatic carbocycles. The molecule has 0 saturated carbocycles. The number of methoxy groups -OCH3 is 1. The van der Waals surface area contributed by atoms with Gasteiger partial charge in [0.25, 0.3) is 0 Å². The number of hydrogen-bond acceptors (Lipinski definition) is 3. The summed E-state index contributed by atoms with van der Waals surface area (Å²) in [5.74, 6) is 0.800. The van der Waals surface area contributed by atoms with E-state index in [0.717, 1.165) is 28.0 Å². The van der Waals surface area contributed by atoms with Crippen LogP contribution in [0.15, 0.2) is 6.07 Å². The summed E-state index contributed by atoms with van der Waals surface area (Å²) < 4.78 is 5.23. The van der Waals surface area contributed by atoms with Crippen LogP contribution in [0, 0.1) is 20.8 Å². The van der Waals surface area contributed by atoms with Crippen LogP contribution in [0.4, 0.5) is 0 Å². The lowest BCUT2D eigenvalue weighted by atomic mass is 9.94. The fourth-order valence-corrected chi connectivity index (χ4v) is 1.79. The van der Waals surface area contributed by atoms with Gasteiger partial charge >= 0.3 is 0 Å². The first kappa shape index (κ1) is 11.7. The topological polar surface area (TPSA) is 52.3 Å². The van der Waals surface area contributed by atoms with E-state index in [1.54, 1.807) is 7.11 Å². The summed E-state index contributed by atoms with van der Waals surface area (Å²) in [6, 6.07) is 1.88. The molecule has 1 aromatic carbocycles. The molecule has 2 N–H and O–H groups in total. The van der Waals surface area contributed by atoms with E-state index in [9.17, 15) is 4.79 Å². The zero-order valence-electron chi connectivity index (χ0n) is 9.68. The van der Waals surface area contributed by atoms with Crippen molar-refractivity contribution in [2.24, 2.45) is 5.73 Å². The minimum absolute atomic E-state index is 0.0178. The largest absolute Gasteiger partial charge is 0.496 e. The summed E-state index contributed by atoms with van der Waals surface area (Å²) in [4.78, 5) is 11.6. The molecular weight excluding hydrogens is 190 g/mol. The number of carbonyl (C=O) groups is 1. The van der Waals surface area contributed by atoms with Crippen molar-refractivity contribution in [3.05, 3.63) is 28.3 Å². The van der Waals surface area contributed by atoms with Crippen LogP contribution in [0.2, 0.25) is 0 Å². The number of ether oxygens (including phenoxy) is 1. The van der Waals surface area contributed by atoms with Crippen molar-refractivity contribution in [1.82, 2.24) is 0 Å². The molecule has 15 heavy (non-hydrogen) atoms. The molecule has 0 fully saturated rings. The highest BCUT2D eigenvalue weighted by Crippen LogP contribution is 2.27. The molecule has 3 nitrogen and oxygen atoms in total. The zero-order valence-corrected chi connectivity index (χ0v) is 9.68. The summed E-state index contributed by atoms with van der Waals surface area (Å²) in [6.07, 6.45) is 0. The van der Waals surface area contributed by atoms with Gasteiger partial charge in [0.2, 0.25) is 0 Å². The van der Waals surface area contributed by atoms with E-state index in [4.69, 9.17) is 10.5 Å². The van der Waals surface area contributed by atoms with Gasteiger partial charge in [0.15, 0.2) is 5.78 Å². The van der Waals surface area contributed by atoms with Crippen LogP contribution in [0.3, 0.4) is 0 Å². The lowest BCUT2D eigenvalue weighted by Gasteiger charge is -2.14. The van der Waals surface area contributed by atoms with Crippen LogP contribution in [0.1, 0.15) is 27.0 Å². The third kappa shape index (κ3) is 2.02. The minimum atomic E-state index is -0.0178. The van der Waals surface area contributed by atoms with Crippen LogP contribution in [0.25, 0.3) is 0 Å². The van der Waals surface area contributed by atoms with Gasteiger partial charge < -0.3 is 10.5 Å². The van der Waals surface area contributed by atoms with Crippen molar-refractivity contribution < 1.29 is 9.53 Å². The molecule has 0 aliphatic rings. The molecule has 0 spiro atoms. The first-order valence-electron chi connectivity index (χ1n) is 4.91. The van der Waals surface area contributed by atoms with Crippen molar-refractivity contribution in [2.45, 2.75) is 20.8 Å². The van der Waals surface area contributed by atoms with Crippen molar-refractivity contribution in [1.29, 1.82) is 0 Å². The molecule has 0 heterocycles. The first-order valence-corrected chi connectivity index (χ1v) is 4.91. The quantitative estimate of drug-likeness (QED) is 0.768. The van der Waals surface area contributed by atoms with Gasteiger partial charge in [-0.3, -0.25) is 4.79 Å². The average molecular weight is 207 g/mol. The second-order valence-corrected chi connectivity index (χ2v) is 3.65. The molecule has 0 amide bonds. The van der Waals surface area contributed by atoms with E-state index in [1.165, 1.54) is 0 Å². The molecule has 82 valence electrons. The van der Waals surface area contributed by atoms with Gasteiger partial charge in [-0.2, -0.15) is 0 Å². The summed E-state index contributed by atoms with van der Waals surface area (Å²) >= 11 is 0. The summed E-state index contributed by atoms with van der Waals surface area (Å²) in [7, 11) is 1.63. The number of rotatable bonds is 3. The number of Topliss-reactive ketones (excluding diaryl/α,β-unsaturated/α-hetero) is 1. The highest BCUT2D eigenvalue weighted by atomic mass is 16.5. The zero-order chi connectivity index (χ0) is 11.6. The number of aryl methyl sites for hydroxylation is 1. The Morgan fingerprint density at radius 2 is 1.93 bits per heavy atom. The SMILES string of the molecule is COc1cc(C)c(C(=O)CN)c(C)c1C. The molecule has 0 aliphatic heterocycles. The van der Waals surface area contributed by atoms with Crippen LogP contribution >= 0.6 is 0 Å². The van der Waals surface area contributed by atoms with Crippen molar-refractivity contribution in [2.75, 3.05) is 13.7 Å². The van der Waals surface area contributed by atoms with E-state index in [-0.39, 0.29) is 12.3 Å². The maximum absolute atomic E-state index is 11.6. The normalized spacial score (nSPS) is 10.2.